The number of anilines is 1. The molecule has 1 fully saturated rings. The maximum absolute atomic E-state index is 13.1. The van der Waals surface area contributed by atoms with Crippen molar-refractivity contribution < 1.29 is 9.59 Å². The Balaban J connectivity index is 1.52. The highest BCUT2D eigenvalue weighted by Gasteiger charge is 2.40. The highest BCUT2D eigenvalue weighted by molar-refractivity contribution is 6.01. The van der Waals surface area contributed by atoms with E-state index >= 15 is 0 Å². The Bertz CT molecular complexity index is 765. The number of hydrogen-bond acceptors (Lipinski definition) is 4. The summed E-state index contributed by atoms with van der Waals surface area (Å²) >= 11 is 0. The summed E-state index contributed by atoms with van der Waals surface area (Å²) in [6.45, 7) is 4.33. The maximum atomic E-state index is 13.1. The lowest BCUT2D eigenvalue weighted by Gasteiger charge is -2.26. The lowest BCUT2D eigenvalue weighted by atomic mass is 9.96. The molecule has 3 aliphatic rings. The minimum absolute atomic E-state index is 0.0263. The van der Waals surface area contributed by atoms with Crippen molar-refractivity contribution in [1.29, 1.82) is 0 Å². The summed E-state index contributed by atoms with van der Waals surface area (Å²) < 4.78 is 0. The molecule has 1 aromatic carbocycles. The van der Waals surface area contributed by atoms with Crippen LogP contribution in [0.5, 0.6) is 0 Å². The van der Waals surface area contributed by atoms with E-state index < -0.39 is 6.04 Å². The van der Waals surface area contributed by atoms with E-state index in [-0.39, 0.29) is 11.9 Å². The number of carbonyl (C=O) groups excluding carboxylic acids is 2. The van der Waals surface area contributed by atoms with E-state index in [1.54, 1.807) is 0 Å². The van der Waals surface area contributed by atoms with Crippen molar-refractivity contribution in [3.63, 3.8) is 0 Å². The first kappa shape index (κ1) is 17.9. The Morgan fingerprint density at radius 1 is 1.07 bits per heavy atom. The normalized spacial score (nSPS) is 22.7. The average Bonchev–Trinajstić information content (AvgIpc) is 3.27. The summed E-state index contributed by atoms with van der Waals surface area (Å²) in [7, 11) is 3.97. The molecule has 0 bridgehead atoms. The molecule has 1 aromatic rings. The summed E-state index contributed by atoms with van der Waals surface area (Å²) in [6, 6.07) is 7.34. The zero-order valence-electron chi connectivity index (χ0n) is 16.0. The van der Waals surface area contributed by atoms with E-state index in [1.807, 2.05) is 48.2 Å². The van der Waals surface area contributed by atoms with Gasteiger partial charge in [-0.1, -0.05) is 12.1 Å². The highest BCUT2D eigenvalue weighted by Crippen LogP contribution is 2.33. The van der Waals surface area contributed by atoms with Crippen molar-refractivity contribution in [3.8, 4) is 0 Å². The van der Waals surface area contributed by atoms with Crippen molar-refractivity contribution >= 4 is 17.6 Å². The number of likely N-dealkylation sites (tertiary alicyclic amines) is 1. The van der Waals surface area contributed by atoms with Crippen LogP contribution in [0.3, 0.4) is 0 Å². The van der Waals surface area contributed by atoms with Gasteiger partial charge in [0.15, 0.2) is 0 Å². The molecule has 0 spiro atoms. The van der Waals surface area contributed by atoms with Gasteiger partial charge in [0.1, 0.15) is 0 Å². The number of amides is 3. The van der Waals surface area contributed by atoms with Crippen LogP contribution in [0.1, 0.15) is 24.4 Å². The van der Waals surface area contributed by atoms with Crippen LogP contribution in [0.15, 0.2) is 35.5 Å². The SMILES string of the molecule is CN(C)c1ccc([C@H]2NC(=O)NC3=C2C(=O)N(CCN2CCCC2)C3)cc1. The molecule has 27 heavy (non-hydrogen) atoms. The molecular formula is C20H27N5O2. The smallest absolute Gasteiger partial charge is 0.319 e. The molecule has 7 nitrogen and oxygen atoms in total. The van der Waals surface area contributed by atoms with Crippen LogP contribution in [0.25, 0.3) is 0 Å². The molecule has 7 heteroatoms. The van der Waals surface area contributed by atoms with Gasteiger partial charge < -0.3 is 25.3 Å². The second-order valence-electron chi connectivity index (χ2n) is 7.69. The molecule has 1 atom stereocenters. The van der Waals surface area contributed by atoms with Gasteiger partial charge in [0.2, 0.25) is 0 Å². The molecule has 3 aliphatic heterocycles. The van der Waals surface area contributed by atoms with E-state index in [9.17, 15) is 9.59 Å². The zero-order chi connectivity index (χ0) is 19.0. The molecule has 4 rings (SSSR count). The third-order valence-electron chi connectivity index (χ3n) is 5.65. The highest BCUT2D eigenvalue weighted by atomic mass is 16.2. The Hall–Kier alpha value is -2.54. The molecule has 0 unspecified atom stereocenters. The molecule has 0 saturated carbocycles. The fourth-order valence-electron chi connectivity index (χ4n) is 4.09. The van der Waals surface area contributed by atoms with Gasteiger partial charge in [-0.15, -0.1) is 0 Å². The zero-order valence-corrected chi connectivity index (χ0v) is 16.0. The van der Waals surface area contributed by atoms with Crippen LogP contribution in [0.4, 0.5) is 10.5 Å². The number of nitrogens with one attached hydrogen (secondary N) is 2. The van der Waals surface area contributed by atoms with Crippen molar-refractivity contribution in [2.75, 3.05) is 51.7 Å². The number of benzene rings is 1. The van der Waals surface area contributed by atoms with Gasteiger partial charge in [0.05, 0.1) is 23.9 Å². The number of rotatable bonds is 5. The third kappa shape index (κ3) is 3.51. The first-order chi connectivity index (χ1) is 13.0. The molecule has 0 radical (unpaired) electrons. The van der Waals surface area contributed by atoms with Crippen molar-refractivity contribution in [3.05, 3.63) is 41.1 Å². The van der Waals surface area contributed by atoms with Gasteiger partial charge in [-0.25, -0.2) is 4.79 Å². The largest absolute Gasteiger partial charge is 0.378 e. The van der Waals surface area contributed by atoms with Gasteiger partial charge in [-0.3, -0.25) is 4.79 Å². The third-order valence-corrected chi connectivity index (χ3v) is 5.65. The molecule has 1 saturated heterocycles. The molecule has 0 aromatic heterocycles. The Kier molecular flexibility index (Phi) is 4.78. The standard InChI is InChI=1S/C20H27N5O2/c1-23(2)15-7-5-14(6-8-15)18-17-16(21-20(27)22-18)13-25(19(17)26)12-11-24-9-3-4-10-24/h5-8,18H,3-4,9-13H2,1-2H3,(H2,21,22,27)/t18-/m1/s1. The van der Waals surface area contributed by atoms with Crippen LogP contribution in [0.2, 0.25) is 0 Å². The van der Waals surface area contributed by atoms with Crippen LogP contribution in [-0.2, 0) is 4.79 Å². The minimum atomic E-state index is -0.394. The van der Waals surface area contributed by atoms with Crippen LogP contribution in [0, 0.1) is 0 Å². The number of urea groups is 1. The summed E-state index contributed by atoms with van der Waals surface area (Å²) in [5.41, 5.74) is 3.43. The molecule has 3 amide bonds. The van der Waals surface area contributed by atoms with E-state index in [0.29, 0.717) is 18.7 Å². The molecule has 3 heterocycles. The maximum Gasteiger partial charge on any atom is 0.319 e. The lowest BCUT2D eigenvalue weighted by molar-refractivity contribution is -0.126. The fourth-order valence-corrected chi connectivity index (χ4v) is 4.09. The number of carbonyl (C=O) groups is 2. The van der Waals surface area contributed by atoms with Crippen molar-refractivity contribution in [2.45, 2.75) is 18.9 Å². The predicted molar refractivity (Wildman–Crippen MR) is 104 cm³/mol. The summed E-state index contributed by atoms with van der Waals surface area (Å²) in [6.07, 6.45) is 2.49. The van der Waals surface area contributed by atoms with E-state index in [1.165, 1.54) is 12.8 Å². The second kappa shape index (κ2) is 7.23. The number of nitrogens with zero attached hydrogens (tertiary/aromatic N) is 3. The first-order valence-corrected chi connectivity index (χ1v) is 9.62. The van der Waals surface area contributed by atoms with Gasteiger partial charge in [0, 0.05) is 32.9 Å². The van der Waals surface area contributed by atoms with Crippen LogP contribution in [-0.4, -0.2) is 68.6 Å². The van der Waals surface area contributed by atoms with Crippen LogP contribution < -0.4 is 15.5 Å². The summed E-state index contributed by atoms with van der Waals surface area (Å²) in [5.74, 6) is 0.0263. The summed E-state index contributed by atoms with van der Waals surface area (Å²) in [4.78, 5) is 31.5. The first-order valence-electron chi connectivity index (χ1n) is 9.62. The van der Waals surface area contributed by atoms with Gasteiger partial charge >= 0.3 is 6.03 Å². The second-order valence-corrected chi connectivity index (χ2v) is 7.69. The summed E-state index contributed by atoms with van der Waals surface area (Å²) in [5, 5.41) is 5.76. The number of hydrogen-bond donors (Lipinski definition) is 2. The molecule has 0 aliphatic carbocycles. The van der Waals surface area contributed by atoms with Crippen LogP contribution >= 0.6 is 0 Å². The topological polar surface area (TPSA) is 67.9 Å². The Labute approximate surface area is 160 Å². The Morgan fingerprint density at radius 3 is 2.44 bits per heavy atom. The average molecular weight is 369 g/mol. The van der Waals surface area contributed by atoms with Crippen molar-refractivity contribution in [1.82, 2.24) is 20.4 Å². The minimum Gasteiger partial charge on any atom is -0.378 e. The molecule has 144 valence electrons. The predicted octanol–water partition coefficient (Wildman–Crippen LogP) is 1.30. The Morgan fingerprint density at radius 2 is 1.78 bits per heavy atom. The molecule has 2 N–H and O–H groups in total. The van der Waals surface area contributed by atoms with E-state index in [4.69, 9.17) is 0 Å². The quantitative estimate of drug-likeness (QED) is 0.821. The van der Waals surface area contributed by atoms with E-state index in [2.05, 4.69) is 15.5 Å². The van der Waals surface area contributed by atoms with Crippen molar-refractivity contribution in [2.24, 2.45) is 0 Å². The molecular weight excluding hydrogens is 342 g/mol. The van der Waals surface area contributed by atoms with E-state index in [0.717, 1.165) is 36.6 Å². The lowest BCUT2D eigenvalue weighted by Crippen LogP contribution is -2.44. The van der Waals surface area contributed by atoms with Gasteiger partial charge in [0.25, 0.3) is 5.91 Å². The van der Waals surface area contributed by atoms with Gasteiger partial charge in [-0.2, -0.15) is 0 Å². The fraction of sp³-hybridized carbons (Fsp3) is 0.500. The monoisotopic (exact) mass is 369 g/mol. The van der Waals surface area contributed by atoms with Gasteiger partial charge in [-0.05, 0) is 43.6 Å².